The van der Waals surface area contributed by atoms with Gasteiger partial charge in [-0.2, -0.15) is 0 Å². The van der Waals surface area contributed by atoms with Crippen LogP contribution in [0.5, 0.6) is 0 Å². The van der Waals surface area contributed by atoms with Crippen LogP contribution in [0.25, 0.3) is 11.4 Å². The Hall–Kier alpha value is -2.24. The van der Waals surface area contributed by atoms with Crippen LogP contribution in [0.4, 0.5) is 11.8 Å². The van der Waals surface area contributed by atoms with Crippen LogP contribution in [0.15, 0.2) is 24.7 Å². The molecule has 1 atom stereocenters. The van der Waals surface area contributed by atoms with E-state index in [-0.39, 0.29) is 0 Å². The Bertz CT molecular complexity index is 568. The van der Waals surface area contributed by atoms with E-state index in [0.717, 1.165) is 18.1 Å². The fourth-order valence-electron chi connectivity index (χ4n) is 2.33. The van der Waals surface area contributed by atoms with Crippen molar-refractivity contribution in [2.75, 3.05) is 17.2 Å². The Morgan fingerprint density at radius 1 is 1.26 bits per heavy atom. The second-order valence-electron chi connectivity index (χ2n) is 4.76. The molecule has 6 nitrogen and oxygen atoms in total. The van der Waals surface area contributed by atoms with Gasteiger partial charge in [0, 0.05) is 31.2 Å². The quantitative estimate of drug-likeness (QED) is 0.877. The number of hydrogen-bond acceptors (Lipinski definition) is 6. The Morgan fingerprint density at radius 2 is 2.05 bits per heavy atom. The molecule has 0 radical (unpaired) electrons. The third kappa shape index (κ3) is 2.33. The highest BCUT2D eigenvalue weighted by atomic mass is 15.3. The van der Waals surface area contributed by atoms with Gasteiger partial charge >= 0.3 is 0 Å². The predicted octanol–water partition coefficient (Wildman–Crippen LogP) is 1.50. The van der Waals surface area contributed by atoms with Gasteiger partial charge < -0.3 is 10.6 Å². The maximum Gasteiger partial charge on any atom is 0.225 e. The summed E-state index contributed by atoms with van der Waals surface area (Å²) in [6.07, 6.45) is 7.53. The second-order valence-corrected chi connectivity index (χ2v) is 4.76. The van der Waals surface area contributed by atoms with Crippen LogP contribution in [-0.2, 0) is 0 Å². The molecule has 1 fully saturated rings. The number of aromatic nitrogens is 4. The minimum Gasteiger partial charge on any atom is -0.384 e. The van der Waals surface area contributed by atoms with Gasteiger partial charge in [0.15, 0.2) is 5.82 Å². The summed E-state index contributed by atoms with van der Waals surface area (Å²) in [5.74, 6) is 1.78. The molecule has 0 amide bonds. The molecule has 98 valence electrons. The van der Waals surface area contributed by atoms with Gasteiger partial charge in [0.25, 0.3) is 0 Å². The molecular weight excluding hydrogens is 240 g/mol. The molecule has 3 heterocycles. The first-order valence-electron chi connectivity index (χ1n) is 6.41. The standard InChI is InChI=1S/C13H16N6/c1-9-3-2-6-19(9)13-16-7-10(8-17-13)12-15-5-4-11(14)18-12/h4-5,7-9H,2-3,6H2,1H3,(H2,14,15,18)/t9-/m1/s1. The number of nitrogen functional groups attached to an aromatic ring is 1. The van der Waals surface area contributed by atoms with Crippen LogP contribution in [0.1, 0.15) is 19.8 Å². The van der Waals surface area contributed by atoms with Crippen molar-refractivity contribution < 1.29 is 0 Å². The zero-order valence-corrected chi connectivity index (χ0v) is 10.8. The van der Waals surface area contributed by atoms with E-state index < -0.39 is 0 Å². The summed E-state index contributed by atoms with van der Waals surface area (Å²) in [5, 5.41) is 0. The fourth-order valence-corrected chi connectivity index (χ4v) is 2.33. The van der Waals surface area contributed by atoms with Gasteiger partial charge in [-0.05, 0) is 25.8 Å². The number of hydrogen-bond donors (Lipinski definition) is 1. The molecule has 1 aliphatic heterocycles. The minimum atomic E-state index is 0.447. The summed E-state index contributed by atoms with van der Waals surface area (Å²) in [6, 6.07) is 2.17. The summed E-state index contributed by atoms with van der Waals surface area (Å²) in [5.41, 5.74) is 6.42. The first kappa shape index (κ1) is 11.8. The largest absolute Gasteiger partial charge is 0.384 e. The number of rotatable bonds is 2. The van der Waals surface area contributed by atoms with E-state index in [9.17, 15) is 0 Å². The molecule has 0 bridgehead atoms. The van der Waals surface area contributed by atoms with E-state index in [1.54, 1.807) is 24.7 Å². The van der Waals surface area contributed by atoms with Gasteiger partial charge in [-0.15, -0.1) is 0 Å². The molecule has 19 heavy (non-hydrogen) atoms. The Labute approximate surface area is 111 Å². The van der Waals surface area contributed by atoms with Crippen LogP contribution >= 0.6 is 0 Å². The maximum absolute atomic E-state index is 5.64. The number of nitrogens with zero attached hydrogens (tertiary/aromatic N) is 5. The lowest BCUT2D eigenvalue weighted by atomic mass is 10.2. The monoisotopic (exact) mass is 256 g/mol. The average molecular weight is 256 g/mol. The van der Waals surface area contributed by atoms with Gasteiger partial charge in [-0.3, -0.25) is 0 Å². The summed E-state index contributed by atoms with van der Waals surface area (Å²) >= 11 is 0. The molecule has 1 saturated heterocycles. The van der Waals surface area contributed by atoms with Gasteiger partial charge in [0.1, 0.15) is 5.82 Å². The average Bonchev–Trinajstić information content (AvgIpc) is 2.85. The molecule has 0 saturated carbocycles. The van der Waals surface area contributed by atoms with Crippen molar-refractivity contribution in [3.05, 3.63) is 24.7 Å². The van der Waals surface area contributed by atoms with Crippen molar-refractivity contribution in [2.45, 2.75) is 25.8 Å². The van der Waals surface area contributed by atoms with Gasteiger partial charge in [0.2, 0.25) is 5.95 Å². The van der Waals surface area contributed by atoms with Crippen LogP contribution in [0.3, 0.4) is 0 Å². The van der Waals surface area contributed by atoms with Crippen molar-refractivity contribution in [1.82, 2.24) is 19.9 Å². The van der Waals surface area contributed by atoms with Crippen LogP contribution in [0.2, 0.25) is 0 Å². The molecule has 0 spiro atoms. The Kier molecular flexibility index (Phi) is 2.98. The lowest BCUT2D eigenvalue weighted by molar-refractivity contribution is 0.717. The SMILES string of the molecule is C[C@@H]1CCCN1c1ncc(-c2nccc(N)n2)cn1. The minimum absolute atomic E-state index is 0.447. The smallest absolute Gasteiger partial charge is 0.225 e. The zero-order chi connectivity index (χ0) is 13.2. The normalized spacial score (nSPS) is 18.8. The first-order valence-corrected chi connectivity index (χ1v) is 6.41. The topological polar surface area (TPSA) is 80.8 Å². The lowest BCUT2D eigenvalue weighted by Gasteiger charge is -2.20. The number of anilines is 2. The molecule has 3 rings (SSSR count). The first-order chi connectivity index (χ1) is 9.24. The molecule has 2 aromatic heterocycles. The lowest BCUT2D eigenvalue weighted by Crippen LogP contribution is -2.28. The summed E-state index contributed by atoms with van der Waals surface area (Å²) in [4.78, 5) is 19.4. The molecule has 2 N–H and O–H groups in total. The molecule has 2 aromatic rings. The maximum atomic E-state index is 5.64. The van der Waals surface area contributed by atoms with E-state index in [4.69, 9.17) is 5.73 Å². The molecule has 0 aliphatic carbocycles. The molecule has 6 heteroatoms. The van der Waals surface area contributed by atoms with E-state index in [1.807, 2.05) is 0 Å². The molecular formula is C13H16N6. The van der Waals surface area contributed by atoms with Crippen LogP contribution in [-0.4, -0.2) is 32.5 Å². The number of nitrogens with two attached hydrogens (primary N) is 1. The second kappa shape index (κ2) is 4.79. The van der Waals surface area contributed by atoms with Gasteiger partial charge in [-0.25, -0.2) is 19.9 Å². The highest BCUT2D eigenvalue weighted by molar-refractivity contribution is 5.54. The molecule has 0 unspecified atom stereocenters. The third-order valence-corrected chi connectivity index (χ3v) is 3.38. The molecule has 1 aliphatic rings. The van der Waals surface area contributed by atoms with Crippen LogP contribution < -0.4 is 10.6 Å². The predicted molar refractivity (Wildman–Crippen MR) is 73.5 cm³/mol. The Morgan fingerprint density at radius 3 is 2.68 bits per heavy atom. The van der Waals surface area contributed by atoms with Crippen molar-refractivity contribution in [3.63, 3.8) is 0 Å². The van der Waals surface area contributed by atoms with Crippen molar-refractivity contribution >= 4 is 11.8 Å². The van der Waals surface area contributed by atoms with Crippen LogP contribution in [0, 0.1) is 0 Å². The van der Waals surface area contributed by atoms with Gasteiger partial charge in [0.05, 0.1) is 5.56 Å². The van der Waals surface area contributed by atoms with Crippen molar-refractivity contribution in [2.24, 2.45) is 0 Å². The van der Waals surface area contributed by atoms with Gasteiger partial charge in [-0.1, -0.05) is 0 Å². The summed E-state index contributed by atoms with van der Waals surface area (Å²) in [7, 11) is 0. The van der Waals surface area contributed by atoms with E-state index in [0.29, 0.717) is 17.7 Å². The van der Waals surface area contributed by atoms with Crippen molar-refractivity contribution in [1.29, 1.82) is 0 Å². The zero-order valence-electron chi connectivity index (χ0n) is 10.8. The van der Waals surface area contributed by atoms with E-state index >= 15 is 0 Å². The van der Waals surface area contributed by atoms with E-state index in [2.05, 4.69) is 31.8 Å². The van der Waals surface area contributed by atoms with Crippen molar-refractivity contribution in [3.8, 4) is 11.4 Å². The highest BCUT2D eigenvalue weighted by Crippen LogP contribution is 2.22. The van der Waals surface area contributed by atoms with E-state index in [1.165, 1.54) is 12.8 Å². The Balaban J connectivity index is 1.86. The fraction of sp³-hybridized carbons (Fsp3) is 0.385. The third-order valence-electron chi connectivity index (χ3n) is 3.38. The summed E-state index contributed by atoms with van der Waals surface area (Å²) < 4.78 is 0. The highest BCUT2D eigenvalue weighted by Gasteiger charge is 2.22. The molecule has 0 aromatic carbocycles. The summed E-state index contributed by atoms with van der Waals surface area (Å²) in [6.45, 7) is 3.22.